The van der Waals surface area contributed by atoms with Crippen LogP contribution in [0.3, 0.4) is 0 Å². The second-order valence-corrected chi connectivity index (χ2v) is 3.39. The van der Waals surface area contributed by atoms with Crippen LogP contribution < -0.4 is 5.73 Å². The first-order chi connectivity index (χ1) is 7.98. The Morgan fingerprint density at radius 2 is 1.28 bits per heavy atom. The largest absolute Gasteiger partial charge is 0.455 e. The first kappa shape index (κ1) is 14.7. The first-order valence-electron chi connectivity index (χ1n) is 4.33. The van der Waals surface area contributed by atoms with E-state index in [-0.39, 0.29) is 12.1 Å². The molecule has 0 aromatic heterocycles. The van der Waals surface area contributed by atoms with Gasteiger partial charge in [0.2, 0.25) is 0 Å². The van der Waals surface area contributed by atoms with Crippen molar-refractivity contribution in [2.75, 3.05) is 0 Å². The average molecular weight is 279 g/mol. The van der Waals surface area contributed by atoms with E-state index in [0.717, 1.165) is 0 Å². The van der Waals surface area contributed by atoms with E-state index in [1.807, 2.05) is 0 Å². The molecule has 18 heavy (non-hydrogen) atoms. The Kier molecular flexibility index (Phi) is 3.57. The molecule has 2 N–H and O–H groups in total. The van der Waals surface area contributed by atoms with E-state index < -0.39 is 41.2 Å². The smallest absolute Gasteiger partial charge is 0.319 e. The Hall–Kier alpha value is -1.38. The van der Waals surface area contributed by atoms with Gasteiger partial charge < -0.3 is 5.73 Å². The van der Waals surface area contributed by atoms with Crippen LogP contribution in [0.4, 0.5) is 35.1 Å². The van der Waals surface area contributed by atoms with Crippen molar-refractivity contribution in [2.45, 2.75) is 18.1 Å². The lowest BCUT2D eigenvalue weighted by atomic mass is 10.00. The molecule has 1 aromatic carbocycles. The van der Waals surface area contributed by atoms with Gasteiger partial charge in [-0.05, 0) is 6.07 Å². The zero-order valence-electron chi connectivity index (χ0n) is 8.33. The third-order valence-electron chi connectivity index (χ3n) is 2.14. The second-order valence-electron chi connectivity index (χ2n) is 3.39. The molecule has 0 amide bonds. The summed E-state index contributed by atoms with van der Waals surface area (Å²) in [5.74, 6) is -10.8. The predicted molar refractivity (Wildman–Crippen MR) is 44.2 cm³/mol. The van der Waals surface area contributed by atoms with Crippen molar-refractivity contribution in [2.24, 2.45) is 5.73 Å². The average Bonchev–Trinajstić information content (AvgIpc) is 2.20. The number of alkyl halides is 5. The van der Waals surface area contributed by atoms with Crippen molar-refractivity contribution in [3.63, 3.8) is 0 Å². The van der Waals surface area contributed by atoms with Gasteiger partial charge in [0.1, 0.15) is 11.9 Å². The summed E-state index contributed by atoms with van der Waals surface area (Å²) >= 11 is 0. The predicted octanol–water partition coefficient (Wildman–Crippen LogP) is 3.30. The van der Waals surface area contributed by atoms with Crippen LogP contribution in [0, 0.1) is 17.5 Å². The monoisotopic (exact) mass is 279 g/mol. The number of nitrogens with two attached hydrogens (primary N) is 1. The van der Waals surface area contributed by atoms with E-state index >= 15 is 0 Å². The van der Waals surface area contributed by atoms with E-state index in [9.17, 15) is 35.1 Å². The Bertz CT molecular complexity index is 453. The van der Waals surface area contributed by atoms with E-state index in [0.29, 0.717) is 0 Å². The molecule has 0 saturated heterocycles. The van der Waals surface area contributed by atoms with Gasteiger partial charge in [-0.3, -0.25) is 0 Å². The highest BCUT2D eigenvalue weighted by atomic mass is 19.4. The van der Waals surface area contributed by atoms with Crippen LogP contribution in [0.2, 0.25) is 0 Å². The van der Waals surface area contributed by atoms with Gasteiger partial charge in [-0.15, -0.1) is 0 Å². The molecule has 9 heteroatoms. The van der Waals surface area contributed by atoms with Crippen LogP contribution in [0.1, 0.15) is 11.6 Å². The molecule has 1 atom stereocenters. The van der Waals surface area contributed by atoms with Crippen molar-refractivity contribution in [3.05, 3.63) is 35.1 Å². The van der Waals surface area contributed by atoms with Gasteiger partial charge in [0.05, 0.1) is 0 Å². The van der Waals surface area contributed by atoms with Gasteiger partial charge >= 0.3 is 12.1 Å². The van der Waals surface area contributed by atoms with Gasteiger partial charge in [-0.2, -0.15) is 22.0 Å². The van der Waals surface area contributed by atoms with Crippen LogP contribution in [0.5, 0.6) is 0 Å². The van der Waals surface area contributed by atoms with E-state index in [4.69, 9.17) is 0 Å². The van der Waals surface area contributed by atoms with Crippen molar-refractivity contribution >= 4 is 0 Å². The lowest BCUT2D eigenvalue weighted by Crippen LogP contribution is -2.46. The zero-order valence-corrected chi connectivity index (χ0v) is 8.33. The van der Waals surface area contributed by atoms with Gasteiger partial charge in [-0.25, -0.2) is 13.2 Å². The minimum absolute atomic E-state index is 0.130. The zero-order chi connectivity index (χ0) is 14.3. The summed E-state index contributed by atoms with van der Waals surface area (Å²) in [6.45, 7) is 0. The van der Waals surface area contributed by atoms with E-state index in [1.165, 1.54) is 0 Å². The highest BCUT2D eigenvalue weighted by Gasteiger charge is 2.62. The Labute approximate surface area is 95.2 Å². The van der Waals surface area contributed by atoms with Crippen molar-refractivity contribution in [1.82, 2.24) is 0 Å². The summed E-state index contributed by atoms with van der Waals surface area (Å²) in [7, 11) is 0. The summed E-state index contributed by atoms with van der Waals surface area (Å²) in [5.41, 5.74) is 3.12. The van der Waals surface area contributed by atoms with Crippen LogP contribution in [-0.2, 0) is 0 Å². The normalized spacial score (nSPS) is 14.7. The maximum atomic E-state index is 13.0. The van der Waals surface area contributed by atoms with Crippen LogP contribution in [0.25, 0.3) is 0 Å². The summed E-state index contributed by atoms with van der Waals surface area (Å²) in [6, 6.07) is -3.46. The molecule has 0 unspecified atom stereocenters. The maximum Gasteiger partial charge on any atom is 0.455 e. The van der Waals surface area contributed by atoms with Gasteiger partial charge in [0.25, 0.3) is 0 Å². The molecule has 0 aliphatic rings. The fourth-order valence-corrected chi connectivity index (χ4v) is 1.15. The fourth-order valence-electron chi connectivity index (χ4n) is 1.15. The highest BCUT2D eigenvalue weighted by Crippen LogP contribution is 2.43. The third-order valence-corrected chi connectivity index (χ3v) is 2.14. The van der Waals surface area contributed by atoms with Gasteiger partial charge in [0.15, 0.2) is 11.6 Å². The minimum Gasteiger partial charge on any atom is -0.319 e. The van der Waals surface area contributed by atoms with Crippen LogP contribution >= 0.6 is 0 Å². The standard InChI is InChI=1S/C9H5F8N/c10-4-2-6(12)5(11)1-3(4)7(18)8(13,14)9(15,16)17/h1-2,7H,18H2/t7-/m1/s1. The molecule has 102 valence electrons. The van der Waals surface area contributed by atoms with E-state index in [2.05, 4.69) is 5.73 Å². The molecule has 0 saturated carbocycles. The molecule has 0 aliphatic heterocycles. The first-order valence-corrected chi connectivity index (χ1v) is 4.33. The van der Waals surface area contributed by atoms with Gasteiger partial charge in [-0.1, -0.05) is 0 Å². The minimum atomic E-state index is -6.04. The Balaban J connectivity index is 3.27. The number of rotatable bonds is 2. The lowest BCUT2D eigenvalue weighted by Gasteiger charge is -2.26. The Morgan fingerprint density at radius 1 is 0.833 bits per heavy atom. The molecule has 0 radical (unpaired) electrons. The molecular weight excluding hydrogens is 274 g/mol. The highest BCUT2D eigenvalue weighted by molar-refractivity contribution is 5.25. The molecule has 0 spiro atoms. The van der Waals surface area contributed by atoms with Crippen molar-refractivity contribution in [3.8, 4) is 0 Å². The van der Waals surface area contributed by atoms with E-state index in [1.54, 1.807) is 0 Å². The fraction of sp³-hybridized carbons (Fsp3) is 0.333. The van der Waals surface area contributed by atoms with Crippen LogP contribution in [0.15, 0.2) is 12.1 Å². The summed E-state index contributed by atoms with van der Waals surface area (Å²) in [5, 5.41) is 0. The number of hydrogen-bond donors (Lipinski definition) is 1. The molecule has 0 fully saturated rings. The quantitative estimate of drug-likeness (QED) is 0.652. The van der Waals surface area contributed by atoms with Crippen molar-refractivity contribution in [1.29, 1.82) is 0 Å². The second kappa shape index (κ2) is 4.38. The SMILES string of the molecule is N[C@H](c1cc(F)c(F)cc1F)C(F)(F)C(F)(F)F. The number of hydrogen-bond acceptors (Lipinski definition) is 1. The third kappa shape index (κ3) is 2.40. The number of benzene rings is 1. The molecule has 0 bridgehead atoms. The van der Waals surface area contributed by atoms with Crippen LogP contribution in [-0.4, -0.2) is 12.1 Å². The summed E-state index contributed by atoms with van der Waals surface area (Å²) in [4.78, 5) is 0. The van der Waals surface area contributed by atoms with Gasteiger partial charge in [0, 0.05) is 11.6 Å². The summed E-state index contributed by atoms with van der Waals surface area (Å²) < 4.78 is 99.6. The maximum absolute atomic E-state index is 13.0. The lowest BCUT2D eigenvalue weighted by molar-refractivity contribution is -0.291. The summed E-state index contributed by atoms with van der Waals surface area (Å²) in [6.07, 6.45) is -6.04. The topological polar surface area (TPSA) is 26.0 Å². The Morgan fingerprint density at radius 3 is 1.72 bits per heavy atom. The van der Waals surface area contributed by atoms with Crippen molar-refractivity contribution < 1.29 is 35.1 Å². The molecular formula is C9H5F8N. The molecule has 1 rings (SSSR count). The molecule has 1 aromatic rings. The molecule has 0 heterocycles. The number of halogens is 8. The molecule has 0 aliphatic carbocycles. The molecule has 1 nitrogen and oxygen atoms in total.